The minimum absolute atomic E-state index is 0.0156. The van der Waals surface area contributed by atoms with Crippen LogP contribution in [0.1, 0.15) is 26.7 Å². The van der Waals surface area contributed by atoms with E-state index in [0.717, 1.165) is 0 Å². The average molecular weight is 360 g/mol. The highest BCUT2D eigenvalue weighted by Gasteiger charge is 2.32. The second-order valence-electron chi connectivity index (χ2n) is 6.20. The van der Waals surface area contributed by atoms with E-state index in [-0.39, 0.29) is 28.4 Å². The molecule has 5 nitrogen and oxygen atoms in total. The van der Waals surface area contributed by atoms with Crippen molar-refractivity contribution < 1.29 is 22.0 Å². The smallest absolute Gasteiger partial charge is 0.341 e. The summed E-state index contributed by atoms with van der Waals surface area (Å²) in [5.74, 6) is -3.60. The second kappa shape index (κ2) is 7.46. The zero-order valence-corrected chi connectivity index (χ0v) is 14.5. The third kappa shape index (κ3) is 4.03. The van der Waals surface area contributed by atoms with E-state index in [1.54, 1.807) is 11.0 Å². The van der Waals surface area contributed by atoms with E-state index < -0.39 is 15.6 Å². The van der Waals surface area contributed by atoms with Crippen LogP contribution in [0.4, 0.5) is 14.5 Å². The SMILES string of the molecule is CC(C)NC(=O)C1CCN(c2ccccc2S(=O)(=O)C(F)F)CC1. The molecule has 0 radical (unpaired) electrons. The standard InChI is InChI=1S/C16H22F2N2O3S/c1-11(2)19-15(21)12-7-9-20(10-8-12)13-5-3-4-6-14(13)24(22,23)16(17)18/h3-6,11-12,16H,7-10H2,1-2H3,(H,19,21). The van der Waals surface area contributed by atoms with Gasteiger partial charge in [-0.25, -0.2) is 8.42 Å². The molecule has 24 heavy (non-hydrogen) atoms. The summed E-state index contributed by atoms with van der Waals surface area (Å²) in [6.07, 6.45) is 1.11. The quantitative estimate of drug-likeness (QED) is 0.876. The van der Waals surface area contributed by atoms with Crippen LogP contribution in [-0.4, -0.2) is 39.2 Å². The van der Waals surface area contributed by atoms with Gasteiger partial charge in [-0.2, -0.15) is 8.78 Å². The maximum absolute atomic E-state index is 12.9. The minimum Gasteiger partial charge on any atom is -0.370 e. The van der Waals surface area contributed by atoms with E-state index in [4.69, 9.17) is 0 Å². The van der Waals surface area contributed by atoms with Gasteiger partial charge >= 0.3 is 5.76 Å². The van der Waals surface area contributed by atoms with Crippen molar-refractivity contribution in [2.24, 2.45) is 5.92 Å². The van der Waals surface area contributed by atoms with Gasteiger partial charge in [-0.3, -0.25) is 4.79 Å². The van der Waals surface area contributed by atoms with Crippen molar-refractivity contribution in [2.45, 2.75) is 43.4 Å². The number of halogens is 2. The number of nitrogens with one attached hydrogen (secondary N) is 1. The maximum atomic E-state index is 12.9. The number of carbonyl (C=O) groups excluding carboxylic acids is 1. The normalized spacial score (nSPS) is 16.7. The summed E-state index contributed by atoms with van der Waals surface area (Å²) in [6, 6.07) is 5.85. The number of para-hydroxylation sites is 1. The highest BCUT2D eigenvalue weighted by Crippen LogP contribution is 2.31. The number of anilines is 1. The van der Waals surface area contributed by atoms with Crippen LogP contribution >= 0.6 is 0 Å². The highest BCUT2D eigenvalue weighted by atomic mass is 32.2. The Morgan fingerprint density at radius 3 is 2.33 bits per heavy atom. The fraction of sp³-hybridized carbons (Fsp3) is 0.562. The number of sulfone groups is 1. The molecule has 0 spiro atoms. The lowest BCUT2D eigenvalue weighted by atomic mass is 9.95. The number of alkyl halides is 2. The van der Waals surface area contributed by atoms with Gasteiger partial charge in [0.25, 0.3) is 0 Å². The van der Waals surface area contributed by atoms with Crippen LogP contribution in [0.15, 0.2) is 29.2 Å². The van der Waals surface area contributed by atoms with Gasteiger partial charge in [-0.15, -0.1) is 0 Å². The molecule has 2 rings (SSSR count). The van der Waals surface area contributed by atoms with Crippen molar-refractivity contribution >= 4 is 21.4 Å². The number of hydrogen-bond donors (Lipinski definition) is 1. The molecule has 1 aromatic rings. The van der Waals surface area contributed by atoms with Gasteiger partial charge in [0.2, 0.25) is 15.7 Å². The van der Waals surface area contributed by atoms with Gasteiger partial charge in [-0.05, 0) is 38.8 Å². The average Bonchev–Trinajstić information content (AvgIpc) is 2.54. The number of benzene rings is 1. The molecule has 1 saturated heterocycles. The highest BCUT2D eigenvalue weighted by molar-refractivity contribution is 7.91. The number of carbonyl (C=O) groups is 1. The van der Waals surface area contributed by atoms with E-state index in [1.165, 1.54) is 18.2 Å². The molecular formula is C16H22F2N2O3S. The molecule has 1 heterocycles. The van der Waals surface area contributed by atoms with E-state index in [2.05, 4.69) is 5.32 Å². The van der Waals surface area contributed by atoms with Gasteiger partial charge in [0.1, 0.15) is 0 Å². The van der Waals surface area contributed by atoms with E-state index in [0.29, 0.717) is 25.9 Å². The molecule has 0 aromatic heterocycles. The predicted octanol–water partition coefficient (Wildman–Crippen LogP) is 2.42. The van der Waals surface area contributed by atoms with Crippen molar-refractivity contribution in [3.8, 4) is 0 Å². The molecule has 0 atom stereocenters. The van der Waals surface area contributed by atoms with Crippen LogP contribution < -0.4 is 10.2 Å². The Balaban J connectivity index is 2.15. The summed E-state index contributed by atoms with van der Waals surface area (Å²) in [5.41, 5.74) is 0.278. The third-order valence-electron chi connectivity index (χ3n) is 4.04. The number of piperidine rings is 1. The molecule has 0 aliphatic carbocycles. The van der Waals surface area contributed by atoms with E-state index >= 15 is 0 Å². The Kier molecular flexibility index (Phi) is 5.79. The van der Waals surface area contributed by atoms with Crippen molar-refractivity contribution in [2.75, 3.05) is 18.0 Å². The molecular weight excluding hydrogens is 338 g/mol. The molecule has 8 heteroatoms. The van der Waals surface area contributed by atoms with Gasteiger partial charge in [0, 0.05) is 25.0 Å². The lowest BCUT2D eigenvalue weighted by molar-refractivity contribution is -0.126. The first kappa shape index (κ1) is 18.6. The monoisotopic (exact) mass is 360 g/mol. The van der Waals surface area contributed by atoms with Gasteiger partial charge < -0.3 is 10.2 Å². The Bertz CT molecular complexity index is 684. The Morgan fingerprint density at radius 2 is 1.79 bits per heavy atom. The number of amides is 1. The van der Waals surface area contributed by atoms with Crippen LogP contribution in [0.3, 0.4) is 0 Å². The van der Waals surface area contributed by atoms with Crippen molar-refractivity contribution in [3.05, 3.63) is 24.3 Å². The van der Waals surface area contributed by atoms with Crippen LogP contribution in [0, 0.1) is 5.92 Å². The van der Waals surface area contributed by atoms with Crippen LogP contribution in [0.2, 0.25) is 0 Å². The molecule has 134 valence electrons. The number of nitrogens with zero attached hydrogens (tertiary/aromatic N) is 1. The second-order valence-corrected chi connectivity index (χ2v) is 8.08. The third-order valence-corrected chi connectivity index (χ3v) is 5.47. The van der Waals surface area contributed by atoms with Gasteiger partial charge in [0.05, 0.1) is 10.6 Å². The first-order valence-electron chi connectivity index (χ1n) is 7.90. The lowest BCUT2D eigenvalue weighted by Crippen LogP contribution is -2.42. The molecule has 1 aromatic carbocycles. The molecule has 0 unspecified atom stereocenters. The summed E-state index contributed by atoms with van der Waals surface area (Å²) in [6.45, 7) is 4.68. The first-order valence-corrected chi connectivity index (χ1v) is 9.44. The summed E-state index contributed by atoms with van der Waals surface area (Å²) in [5, 5.41) is 2.87. The Morgan fingerprint density at radius 1 is 1.21 bits per heavy atom. The van der Waals surface area contributed by atoms with Crippen LogP contribution in [-0.2, 0) is 14.6 Å². The minimum atomic E-state index is -4.66. The van der Waals surface area contributed by atoms with Crippen molar-refractivity contribution in [1.29, 1.82) is 0 Å². The molecule has 1 fully saturated rings. The largest absolute Gasteiger partial charge is 0.370 e. The zero-order chi connectivity index (χ0) is 17.9. The summed E-state index contributed by atoms with van der Waals surface area (Å²) in [7, 11) is -4.66. The lowest BCUT2D eigenvalue weighted by Gasteiger charge is -2.34. The molecule has 0 bridgehead atoms. The van der Waals surface area contributed by atoms with Crippen molar-refractivity contribution in [1.82, 2.24) is 5.32 Å². The van der Waals surface area contributed by atoms with E-state index in [9.17, 15) is 22.0 Å². The molecule has 1 aliphatic heterocycles. The molecule has 1 N–H and O–H groups in total. The van der Waals surface area contributed by atoms with Gasteiger partial charge in [0.15, 0.2) is 0 Å². The predicted molar refractivity (Wildman–Crippen MR) is 87.8 cm³/mol. The molecule has 1 amide bonds. The summed E-state index contributed by atoms with van der Waals surface area (Å²) < 4.78 is 49.4. The fourth-order valence-corrected chi connectivity index (χ4v) is 3.79. The van der Waals surface area contributed by atoms with Crippen LogP contribution in [0.5, 0.6) is 0 Å². The molecule has 0 saturated carbocycles. The summed E-state index contributed by atoms with van der Waals surface area (Å²) >= 11 is 0. The first-order chi connectivity index (χ1) is 11.2. The van der Waals surface area contributed by atoms with E-state index in [1.807, 2.05) is 13.8 Å². The van der Waals surface area contributed by atoms with Gasteiger partial charge in [-0.1, -0.05) is 12.1 Å². The van der Waals surface area contributed by atoms with Crippen molar-refractivity contribution in [3.63, 3.8) is 0 Å². The fourth-order valence-electron chi connectivity index (χ4n) is 2.84. The summed E-state index contributed by atoms with van der Waals surface area (Å²) in [4.78, 5) is 13.4. The topological polar surface area (TPSA) is 66.5 Å². The zero-order valence-electron chi connectivity index (χ0n) is 13.7. The Labute approximate surface area is 141 Å². The number of hydrogen-bond acceptors (Lipinski definition) is 4. The Hall–Kier alpha value is -1.70. The molecule has 1 aliphatic rings. The number of rotatable bonds is 5. The maximum Gasteiger partial charge on any atom is 0.341 e. The van der Waals surface area contributed by atoms with Crippen LogP contribution in [0.25, 0.3) is 0 Å².